The largest absolute Gasteiger partial charge is 0.399 e. The molecule has 2 aromatic carbocycles. The first-order valence-corrected chi connectivity index (χ1v) is 8.24. The summed E-state index contributed by atoms with van der Waals surface area (Å²) in [6.07, 6.45) is 0.877. The predicted molar refractivity (Wildman–Crippen MR) is 93.1 cm³/mol. The quantitative estimate of drug-likeness (QED) is 0.882. The van der Waals surface area contributed by atoms with Crippen LogP contribution in [0.15, 0.2) is 48.5 Å². The van der Waals surface area contributed by atoms with E-state index in [4.69, 9.17) is 5.73 Å². The first-order chi connectivity index (χ1) is 11.6. The molecule has 2 N–H and O–H groups in total. The van der Waals surface area contributed by atoms with Gasteiger partial charge in [0.05, 0.1) is 5.56 Å². The van der Waals surface area contributed by atoms with E-state index in [-0.39, 0.29) is 11.5 Å². The van der Waals surface area contributed by atoms with Gasteiger partial charge in [-0.1, -0.05) is 24.3 Å². The Bertz CT molecular complexity index is 719. The predicted octanol–water partition coefficient (Wildman–Crippen LogP) is 2.76. The SMILES string of the molecule is Nc1cccc(CN2CCCN(C(=O)c3ccccc3F)CC2)c1. The molecular formula is C19H22FN3O. The highest BCUT2D eigenvalue weighted by Gasteiger charge is 2.22. The molecule has 24 heavy (non-hydrogen) atoms. The van der Waals surface area contributed by atoms with Crippen molar-refractivity contribution >= 4 is 11.6 Å². The van der Waals surface area contributed by atoms with Gasteiger partial charge in [0.25, 0.3) is 5.91 Å². The summed E-state index contributed by atoms with van der Waals surface area (Å²) in [5.74, 6) is -0.678. The lowest BCUT2D eigenvalue weighted by Gasteiger charge is -2.22. The molecule has 1 fully saturated rings. The molecule has 0 atom stereocenters. The van der Waals surface area contributed by atoms with Gasteiger partial charge in [0.1, 0.15) is 5.82 Å². The summed E-state index contributed by atoms with van der Waals surface area (Å²) in [6.45, 7) is 3.76. The second kappa shape index (κ2) is 7.45. The molecule has 3 rings (SSSR count). The number of nitrogens with zero attached hydrogens (tertiary/aromatic N) is 2. The van der Waals surface area contributed by atoms with Crippen LogP contribution in [0.25, 0.3) is 0 Å². The van der Waals surface area contributed by atoms with Crippen molar-refractivity contribution < 1.29 is 9.18 Å². The Morgan fingerprint density at radius 3 is 2.67 bits per heavy atom. The van der Waals surface area contributed by atoms with Crippen molar-refractivity contribution in [1.82, 2.24) is 9.80 Å². The minimum absolute atomic E-state index is 0.154. The summed E-state index contributed by atoms with van der Waals surface area (Å²) in [6, 6.07) is 14.0. The van der Waals surface area contributed by atoms with Crippen LogP contribution in [0.2, 0.25) is 0 Å². The average molecular weight is 327 g/mol. The van der Waals surface area contributed by atoms with Crippen LogP contribution >= 0.6 is 0 Å². The lowest BCUT2D eigenvalue weighted by atomic mass is 10.2. The topological polar surface area (TPSA) is 49.6 Å². The van der Waals surface area contributed by atoms with Gasteiger partial charge in [-0.25, -0.2) is 4.39 Å². The maximum Gasteiger partial charge on any atom is 0.256 e. The van der Waals surface area contributed by atoms with E-state index >= 15 is 0 Å². The standard InChI is InChI=1S/C19H22FN3O/c20-18-8-2-1-7-17(18)19(24)23-10-4-9-22(11-12-23)14-15-5-3-6-16(21)13-15/h1-3,5-8,13H,4,9-12,14,21H2. The zero-order valence-electron chi connectivity index (χ0n) is 13.6. The van der Waals surface area contributed by atoms with E-state index in [1.807, 2.05) is 18.2 Å². The molecule has 0 saturated carbocycles. The number of nitrogen functional groups attached to an aromatic ring is 1. The first-order valence-electron chi connectivity index (χ1n) is 8.24. The molecule has 0 aliphatic carbocycles. The van der Waals surface area contributed by atoms with Crippen LogP contribution in [0.3, 0.4) is 0 Å². The molecule has 0 unspecified atom stereocenters. The van der Waals surface area contributed by atoms with Crippen molar-refractivity contribution in [3.8, 4) is 0 Å². The number of hydrogen-bond donors (Lipinski definition) is 1. The Morgan fingerprint density at radius 1 is 1.04 bits per heavy atom. The molecule has 1 aliphatic heterocycles. The summed E-state index contributed by atoms with van der Waals surface area (Å²) in [7, 11) is 0. The third-order valence-electron chi connectivity index (χ3n) is 4.34. The molecule has 4 nitrogen and oxygen atoms in total. The number of carbonyl (C=O) groups is 1. The smallest absolute Gasteiger partial charge is 0.256 e. The fraction of sp³-hybridized carbons (Fsp3) is 0.316. The normalized spacial score (nSPS) is 16.0. The molecule has 5 heteroatoms. The van der Waals surface area contributed by atoms with Crippen LogP contribution in [0, 0.1) is 5.82 Å². The molecular weight excluding hydrogens is 305 g/mol. The number of rotatable bonds is 3. The van der Waals surface area contributed by atoms with Crippen molar-refractivity contribution in [3.05, 3.63) is 65.5 Å². The van der Waals surface area contributed by atoms with Crippen molar-refractivity contribution in [2.45, 2.75) is 13.0 Å². The van der Waals surface area contributed by atoms with Crippen LogP contribution in [0.5, 0.6) is 0 Å². The minimum Gasteiger partial charge on any atom is -0.399 e. The molecule has 2 aromatic rings. The molecule has 0 radical (unpaired) electrons. The highest BCUT2D eigenvalue weighted by molar-refractivity contribution is 5.94. The summed E-state index contributed by atoms with van der Waals surface area (Å²) in [4.78, 5) is 16.6. The Hall–Kier alpha value is -2.40. The van der Waals surface area contributed by atoms with E-state index in [0.717, 1.165) is 31.7 Å². The number of hydrogen-bond acceptors (Lipinski definition) is 3. The molecule has 0 spiro atoms. The number of halogens is 1. The first kappa shape index (κ1) is 16.5. The molecule has 1 aliphatic rings. The second-order valence-corrected chi connectivity index (χ2v) is 6.15. The van der Waals surface area contributed by atoms with Crippen LogP contribution in [-0.2, 0) is 6.54 Å². The number of carbonyl (C=O) groups excluding carboxylic acids is 1. The van der Waals surface area contributed by atoms with E-state index in [0.29, 0.717) is 13.1 Å². The monoisotopic (exact) mass is 327 g/mol. The van der Waals surface area contributed by atoms with Gasteiger partial charge in [-0.15, -0.1) is 0 Å². The van der Waals surface area contributed by atoms with E-state index in [9.17, 15) is 9.18 Å². The van der Waals surface area contributed by atoms with Gasteiger partial charge >= 0.3 is 0 Å². The molecule has 0 aromatic heterocycles. The maximum atomic E-state index is 13.8. The Kier molecular flexibility index (Phi) is 5.11. The van der Waals surface area contributed by atoms with E-state index < -0.39 is 5.82 Å². The van der Waals surface area contributed by atoms with Crippen LogP contribution < -0.4 is 5.73 Å². The molecule has 1 heterocycles. The Labute approximate surface area is 141 Å². The van der Waals surface area contributed by atoms with E-state index in [2.05, 4.69) is 11.0 Å². The van der Waals surface area contributed by atoms with Gasteiger partial charge < -0.3 is 10.6 Å². The van der Waals surface area contributed by atoms with Crippen molar-refractivity contribution in [2.24, 2.45) is 0 Å². The van der Waals surface area contributed by atoms with Gasteiger partial charge in [0.15, 0.2) is 0 Å². The van der Waals surface area contributed by atoms with Crippen molar-refractivity contribution in [2.75, 3.05) is 31.9 Å². The lowest BCUT2D eigenvalue weighted by Crippen LogP contribution is -2.35. The summed E-state index contributed by atoms with van der Waals surface area (Å²) in [5, 5.41) is 0. The summed E-state index contributed by atoms with van der Waals surface area (Å²) < 4.78 is 13.8. The van der Waals surface area contributed by atoms with Crippen LogP contribution in [-0.4, -0.2) is 41.9 Å². The van der Waals surface area contributed by atoms with Gasteiger partial charge in [0, 0.05) is 38.4 Å². The van der Waals surface area contributed by atoms with Crippen LogP contribution in [0.1, 0.15) is 22.3 Å². The lowest BCUT2D eigenvalue weighted by molar-refractivity contribution is 0.0756. The summed E-state index contributed by atoms with van der Waals surface area (Å²) in [5.41, 5.74) is 7.92. The second-order valence-electron chi connectivity index (χ2n) is 6.15. The molecule has 0 bridgehead atoms. The number of amides is 1. The fourth-order valence-corrected chi connectivity index (χ4v) is 3.09. The summed E-state index contributed by atoms with van der Waals surface area (Å²) >= 11 is 0. The zero-order chi connectivity index (χ0) is 16.9. The molecule has 126 valence electrons. The average Bonchev–Trinajstić information content (AvgIpc) is 2.80. The highest BCUT2D eigenvalue weighted by Crippen LogP contribution is 2.15. The Balaban J connectivity index is 1.63. The van der Waals surface area contributed by atoms with Crippen LogP contribution in [0.4, 0.5) is 10.1 Å². The zero-order valence-corrected chi connectivity index (χ0v) is 13.6. The van der Waals surface area contributed by atoms with Gasteiger partial charge in [-0.2, -0.15) is 0 Å². The highest BCUT2D eigenvalue weighted by atomic mass is 19.1. The Morgan fingerprint density at radius 2 is 1.88 bits per heavy atom. The van der Waals surface area contributed by atoms with Gasteiger partial charge in [-0.05, 0) is 36.2 Å². The fourth-order valence-electron chi connectivity index (χ4n) is 3.09. The number of anilines is 1. The third-order valence-corrected chi connectivity index (χ3v) is 4.34. The molecule has 1 amide bonds. The van der Waals surface area contributed by atoms with Crippen molar-refractivity contribution in [3.63, 3.8) is 0 Å². The number of benzene rings is 2. The van der Waals surface area contributed by atoms with Crippen molar-refractivity contribution in [1.29, 1.82) is 0 Å². The van der Waals surface area contributed by atoms with E-state index in [1.54, 1.807) is 23.1 Å². The molecule has 1 saturated heterocycles. The van der Waals surface area contributed by atoms with E-state index in [1.165, 1.54) is 11.6 Å². The van der Waals surface area contributed by atoms with Gasteiger partial charge in [-0.3, -0.25) is 9.69 Å². The van der Waals surface area contributed by atoms with Gasteiger partial charge in [0.2, 0.25) is 0 Å². The number of nitrogens with two attached hydrogens (primary N) is 1. The third kappa shape index (κ3) is 3.92. The maximum absolute atomic E-state index is 13.8. The minimum atomic E-state index is -0.455.